The van der Waals surface area contributed by atoms with Crippen LogP contribution in [0.4, 0.5) is 0 Å². The lowest BCUT2D eigenvalue weighted by atomic mass is 10.0. The lowest BCUT2D eigenvalue weighted by Crippen LogP contribution is -2.29. The molecule has 1 aliphatic heterocycles. The van der Waals surface area contributed by atoms with Crippen molar-refractivity contribution in [1.82, 2.24) is 10.9 Å². The Hall–Kier alpha value is -1.08. The van der Waals surface area contributed by atoms with Crippen LogP contribution in [-0.2, 0) is 0 Å². The van der Waals surface area contributed by atoms with Gasteiger partial charge in [0.1, 0.15) is 6.04 Å². The molecule has 0 amide bonds. The van der Waals surface area contributed by atoms with Gasteiger partial charge in [-0.05, 0) is 24.1 Å². The Morgan fingerprint density at radius 2 is 2.29 bits per heavy atom. The summed E-state index contributed by atoms with van der Waals surface area (Å²) in [6, 6.07) is 9.92. The van der Waals surface area contributed by atoms with Gasteiger partial charge < -0.3 is 0 Å². The van der Waals surface area contributed by atoms with E-state index in [1.807, 2.05) is 24.3 Å². The molecule has 0 bridgehead atoms. The number of halogens is 1. The van der Waals surface area contributed by atoms with E-state index in [4.69, 9.17) is 16.9 Å². The third kappa shape index (κ3) is 1.88. The Balaban J connectivity index is 2.14. The van der Waals surface area contributed by atoms with E-state index in [2.05, 4.69) is 16.9 Å². The van der Waals surface area contributed by atoms with E-state index in [0.717, 1.165) is 17.0 Å². The van der Waals surface area contributed by atoms with E-state index < -0.39 is 0 Å². The molecule has 2 N–H and O–H groups in total. The van der Waals surface area contributed by atoms with E-state index in [-0.39, 0.29) is 12.1 Å². The highest BCUT2D eigenvalue weighted by atomic mass is 35.5. The van der Waals surface area contributed by atoms with Crippen molar-refractivity contribution in [2.45, 2.75) is 18.5 Å². The summed E-state index contributed by atoms with van der Waals surface area (Å²) >= 11 is 5.88. The van der Waals surface area contributed by atoms with Gasteiger partial charge in [-0.1, -0.05) is 23.7 Å². The maximum atomic E-state index is 8.71. The summed E-state index contributed by atoms with van der Waals surface area (Å²) in [7, 11) is 0. The van der Waals surface area contributed by atoms with E-state index >= 15 is 0 Å². The molecule has 1 saturated heterocycles. The molecule has 0 aromatic heterocycles. The monoisotopic (exact) mass is 207 g/mol. The molecule has 2 atom stereocenters. The van der Waals surface area contributed by atoms with Gasteiger partial charge in [0.05, 0.1) is 6.07 Å². The molecule has 2 rings (SSSR count). The summed E-state index contributed by atoms with van der Waals surface area (Å²) in [5.41, 5.74) is 7.10. The highest BCUT2D eigenvalue weighted by Crippen LogP contribution is 2.23. The van der Waals surface area contributed by atoms with Crippen molar-refractivity contribution in [2.75, 3.05) is 0 Å². The minimum atomic E-state index is -0.112. The Kier molecular flexibility index (Phi) is 2.69. The van der Waals surface area contributed by atoms with Crippen molar-refractivity contribution < 1.29 is 0 Å². The first-order valence-electron chi connectivity index (χ1n) is 4.46. The van der Waals surface area contributed by atoms with Gasteiger partial charge in [0.2, 0.25) is 0 Å². The largest absolute Gasteiger partial charge is 0.249 e. The van der Waals surface area contributed by atoms with Crippen molar-refractivity contribution in [3.8, 4) is 6.07 Å². The van der Waals surface area contributed by atoms with Crippen LogP contribution in [0.15, 0.2) is 24.3 Å². The van der Waals surface area contributed by atoms with E-state index in [0.29, 0.717) is 0 Å². The third-order valence-electron chi connectivity index (χ3n) is 2.31. The first kappa shape index (κ1) is 9.47. The number of rotatable bonds is 1. The van der Waals surface area contributed by atoms with Crippen LogP contribution in [0, 0.1) is 11.3 Å². The molecule has 1 aliphatic rings. The quantitative estimate of drug-likeness (QED) is 0.738. The van der Waals surface area contributed by atoms with Gasteiger partial charge in [-0.2, -0.15) is 5.26 Å². The van der Waals surface area contributed by atoms with Gasteiger partial charge in [0.15, 0.2) is 0 Å². The number of hydrogen-bond acceptors (Lipinski definition) is 3. The number of nitriles is 1. The van der Waals surface area contributed by atoms with Gasteiger partial charge in [-0.15, -0.1) is 0 Å². The minimum Gasteiger partial charge on any atom is -0.249 e. The Labute approximate surface area is 87.7 Å². The molecule has 72 valence electrons. The average Bonchev–Trinajstić information content (AvgIpc) is 2.66. The predicted molar refractivity (Wildman–Crippen MR) is 54.5 cm³/mol. The van der Waals surface area contributed by atoms with E-state index in [9.17, 15) is 0 Å². The van der Waals surface area contributed by atoms with Crippen molar-refractivity contribution in [2.24, 2.45) is 0 Å². The summed E-state index contributed by atoms with van der Waals surface area (Å²) in [6.45, 7) is 0. The van der Waals surface area contributed by atoms with Gasteiger partial charge in [-0.3, -0.25) is 0 Å². The lowest BCUT2D eigenvalue weighted by Gasteiger charge is -2.08. The first-order valence-corrected chi connectivity index (χ1v) is 4.83. The van der Waals surface area contributed by atoms with Crippen molar-refractivity contribution in [1.29, 1.82) is 5.26 Å². The fraction of sp³-hybridized carbons (Fsp3) is 0.300. The van der Waals surface area contributed by atoms with Crippen LogP contribution >= 0.6 is 11.6 Å². The number of nitrogens with one attached hydrogen (secondary N) is 2. The van der Waals surface area contributed by atoms with E-state index in [1.165, 1.54) is 0 Å². The molecule has 14 heavy (non-hydrogen) atoms. The molecule has 3 nitrogen and oxygen atoms in total. The SMILES string of the molecule is N#CC1CC(c2cccc(Cl)c2)NN1. The standard InChI is InChI=1S/C10H10ClN3/c11-8-3-1-2-7(4-8)10-5-9(6-12)13-14-10/h1-4,9-10,13-14H,5H2. The Bertz CT molecular complexity index is 372. The number of benzene rings is 1. The van der Waals surface area contributed by atoms with Crippen LogP contribution in [0.5, 0.6) is 0 Å². The molecule has 2 unspecified atom stereocenters. The van der Waals surface area contributed by atoms with Gasteiger partial charge in [-0.25, -0.2) is 10.9 Å². The average molecular weight is 208 g/mol. The first-order chi connectivity index (χ1) is 6.79. The van der Waals surface area contributed by atoms with Crippen LogP contribution in [0.2, 0.25) is 5.02 Å². The molecule has 1 aromatic carbocycles. The second kappa shape index (κ2) is 3.97. The molecule has 0 aliphatic carbocycles. The molecule has 4 heteroatoms. The molecule has 1 heterocycles. The zero-order chi connectivity index (χ0) is 9.97. The molecular formula is C10H10ClN3. The second-order valence-electron chi connectivity index (χ2n) is 3.31. The third-order valence-corrected chi connectivity index (χ3v) is 2.55. The summed E-state index contributed by atoms with van der Waals surface area (Å²) < 4.78 is 0. The molecule has 0 radical (unpaired) electrons. The van der Waals surface area contributed by atoms with Crippen LogP contribution in [-0.4, -0.2) is 6.04 Å². The van der Waals surface area contributed by atoms with Gasteiger partial charge >= 0.3 is 0 Å². The van der Waals surface area contributed by atoms with Crippen LogP contribution in [0.1, 0.15) is 18.0 Å². The number of hydrogen-bond donors (Lipinski definition) is 2. The Morgan fingerprint density at radius 3 is 2.93 bits per heavy atom. The molecule has 0 saturated carbocycles. The Morgan fingerprint density at radius 1 is 1.43 bits per heavy atom. The van der Waals surface area contributed by atoms with Crippen molar-refractivity contribution >= 4 is 11.6 Å². The number of hydrazine groups is 1. The smallest absolute Gasteiger partial charge is 0.110 e. The fourth-order valence-electron chi connectivity index (χ4n) is 1.58. The number of nitrogens with zero attached hydrogens (tertiary/aromatic N) is 1. The maximum absolute atomic E-state index is 8.71. The summed E-state index contributed by atoms with van der Waals surface area (Å²) in [5, 5.41) is 9.43. The maximum Gasteiger partial charge on any atom is 0.110 e. The molecular weight excluding hydrogens is 198 g/mol. The van der Waals surface area contributed by atoms with Crippen LogP contribution < -0.4 is 10.9 Å². The zero-order valence-electron chi connectivity index (χ0n) is 7.50. The van der Waals surface area contributed by atoms with Crippen molar-refractivity contribution in [3.63, 3.8) is 0 Å². The molecule has 1 fully saturated rings. The highest BCUT2D eigenvalue weighted by molar-refractivity contribution is 6.30. The van der Waals surface area contributed by atoms with Gasteiger partial charge in [0, 0.05) is 11.1 Å². The fourth-order valence-corrected chi connectivity index (χ4v) is 1.78. The van der Waals surface area contributed by atoms with E-state index in [1.54, 1.807) is 0 Å². The highest BCUT2D eigenvalue weighted by Gasteiger charge is 2.24. The van der Waals surface area contributed by atoms with Crippen molar-refractivity contribution in [3.05, 3.63) is 34.9 Å². The topological polar surface area (TPSA) is 47.9 Å². The van der Waals surface area contributed by atoms with Gasteiger partial charge in [0.25, 0.3) is 0 Å². The molecule has 1 aromatic rings. The summed E-state index contributed by atoms with van der Waals surface area (Å²) in [5.74, 6) is 0. The summed E-state index contributed by atoms with van der Waals surface area (Å²) in [4.78, 5) is 0. The van der Waals surface area contributed by atoms with Crippen LogP contribution in [0.25, 0.3) is 0 Å². The normalized spacial score (nSPS) is 26.0. The predicted octanol–water partition coefficient (Wildman–Crippen LogP) is 1.77. The van der Waals surface area contributed by atoms with Crippen LogP contribution in [0.3, 0.4) is 0 Å². The zero-order valence-corrected chi connectivity index (χ0v) is 8.25. The molecule has 0 spiro atoms. The lowest BCUT2D eigenvalue weighted by molar-refractivity contribution is 0.573. The second-order valence-corrected chi connectivity index (χ2v) is 3.75. The summed E-state index contributed by atoms with van der Waals surface area (Å²) in [6.07, 6.45) is 0.775. The minimum absolute atomic E-state index is 0.112.